The fourth-order valence-electron chi connectivity index (χ4n) is 1.82. The molecule has 5 heteroatoms. The standard InChI is InChI=1S/C12H17FN2S2/c1-7-8(2)17-11(6-16-7)12(14)9-3-10(13)5-15-4-9/h3-5,7-8,11-12H,6,14H2,1-2H3. The summed E-state index contributed by atoms with van der Waals surface area (Å²) in [4.78, 5) is 3.86. The zero-order chi connectivity index (χ0) is 12.4. The normalized spacial score (nSPS) is 31.2. The van der Waals surface area contributed by atoms with E-state index in [1.165, 1.54) is 12.3 Å². The van der Waals surface area contributed by atoms with Gasteiger partial charge in [-0.1, -0.05) is 13.8 Å². The quantitative estimate of drug-likeness (QED) is 0.898. The Morgan fingerprint density at radius 2 is 2.18 bits per heavy atom. The molecule has 2 N–H and O–H groups in total. The lowest BCUT2D eigenvalue weighted by Gasteiger charge is -2.34. The Bertz CT molecular complexity index is 389. The maximum atomic E-state index is 13.1. The summed E-state index contributed by atoms with van der Waals surface area (Å²) in [5.74, 6) is 0.709. The van der Waals surface area contributed by atoms with Crippen molar-refractivity contribution in [2.75, 3.05) is 5.75 Å². The average molecular weight is 272 g/mol. The van der Waals surface area contributed by atoms with Crippen LogP contribution in [-0.2, 0) is 0 Å². The number of hydrogen-bond donors (Lipinski definition) is 1. The molecule has 1 fully saturated rings. The van der Waals surface area contributed by atoms with E-state index in [-0.39, 0.29) is 11.9 Å². The SMILES string of the molecule is CC1SCC(C(N)c2cncc(F)c2)SC1C. The first-order valence-electron chi connectivity index (χ1n) is 5.71. The molecule has 0 bridgehead atoms. The predicted molar refractivity (Wildman–Crippen MR) is 73.9 cm³/mol. The average Bonchev–Trinajstić information content (AvgIpc) is 2.32. The van der Waals surface area contributed by atoms with E-state index in [0.717, 1.165) is 11.3 Å². The van der Waals surface area contributed by atoms with Gasteiger partial charge in [0, 0.05) is 33.7 Å². The minimum absolute atomic E-state index is 0.134. The van der Waals surface area contributed by atoms with E-state index in [4.69, 9.17) is 5.73 Å². The molecular formula is C12H17FN2S2. The minimum Gasteiger partial charge on any atom is -0.323 e. The minimum atomic E-state index is -0.312. The molecule has 4 atom stereocenters. The second-order valence-corrected chi connectivity index (χ2v) is 7.41. The lowest BCUT2D eigenvalue weighted by Crippen LogP contribution is -2.34. The van der Waals surface area contributed by atoms with Crippen LogP contribution in [0.3, 0.4) is 0 Å². The Kier molecular flexibility index (Phi) is 4.33. The lowest BCUT2D eigenvalue weighted by atomic mass is 10.1. The molecule has 17 heavy (non-hydrogen) atoms. The Labute approximate surface area is 110 Å². The number of aromatic nitrogens is 1. The van der Waals surface area contributed by atoms with Crippen molar-refractivity contribution in [3.05, 3.63) is 29.8 Å². The van der Waals surface area contributed by atoms with Gasteiger partial charge in [-0.05, 0) is 11.6 Å². The highest BCUT2D eigenvalue weighted by molar-refractivity contribution is 8.07. The van der Waals surface area contributed by atoms with Gasteiger partial charge in [0.2, 0.25) is 0 Å². The van der Waals surface area contributed by atoms with Gasteiger partial charge in [-0.15, -0.1) is 0 Å². The van der Waals surface area contributed by atoms with Gasteiger partial charge in [-0.3, -0.25) is 4.98 Å². The summed E-state index contributed by atoms with van der Waals surface area (Å²) < 4.78 is 13.1. The summed E-state index contributed by atoms with van der Waals surface area (Å²) in [6, 6.07) is 1.36. The molecule has 4 unspecified atom stereocenters. The fraction of sp³-hybridized carbons (Fsp3) is 0.583. The van der Waals surface area contributed by atoms with Crippen LogP contribution in [-0.4, -0.2) is 26.5 Å². The fourth-order valence-corrected chi connectivity index (χ4v) is 4.87. The molecule has 0 aliphatic carbocycles. The van der Waals surface area contributed by atoms with Crippen molar-refractivity contribution in [3.63, 3.8) is 0 Å². The van der Waals surface area contributed by atoms with E-state index in [1.54, 1.807) is 6.20 Å². The third-order valence-corrected chi connectivity index (χ3v) is 6.60. The van der Waals surface area contributed by atoms with Crippen LogP contribution in [0.2, 0.25) is 0 Å². The number of nitrogens with zero attached hydrogens (tertiary/aromatic N) is 1. The third-order valence-electron chi connectivity index (χ3n) is 3.09. The monoisotopic (exact) mass is 272 g/mol. The van der Waals surface area contributed by atoms with Crippen LogP contribution >= 0.6 is 23.5 Å². The highest BCUT2D eigenvalue weighted by Gasteiger charge is 2.30. The topological polar surface area (TPSA) is 38.9 Å². The van der Waals surface area contributed by atoms with Crippen molar-refractivity contribution in [3.8, 4) is 0 Å². The molecule has 2 nitrogen and oxygen atoms in total. The molecule has 0 radical (unpaired) electrons. The second-order valence-electron chi connectivity index (χ2n) is 4.38. The van der Waals surface area contributed by atoms with Crippen molar-refractivity contribution in [2.45, 2.75) is 35.6 Å². The molecule has 0 spiro atoms. The van der Waals surface area contributed by atoms with Crippen molar-refractivity contribution in [1.29, 1.82) is 0 Å². The van der Waals surface area contributed by atoms with Gasteiger partial charge < -0.3 is 5.73 Å². The van der Waals surface area contributed by atoms with Gasteiger partial charge in [0.25, 0.3) is 0 Å². The summed E-state index contributed by atoms with van der Waals surface area (Å²) in [7, 11) is 0. The van der Waals surface area contributed by atoms with Gasteiger partial charge in [-0.25, -0.2) is 4.39 Å². The van der Waals surface area contributed by atoms with Crippen molar-refractivity contribution >= 4 is 23.5 Å². The van der Waals surface area contributed by atoms with Crippen LogP contribution < -0.4 is 5.73 Å². The first kappa shape index (κ1) is 13.2. The number of thioether (sulfide) groups is 2. The van der Waals surface area contributed by atoms with E-state index in [2.05, 4.69) is 18.8 Å². The van der Waals surface area contributed by atoms with Crippen LogP contribution in [0.25, 0.3) is 0 Å². The van der Waals surface area contributed by atoms with Gasteiger partial charge in [-0.2, -0.15) is 23.5 Å². The molecule has 2 heterocycles. The molecule has 1 saturated heterocycles. The summed E-state index contributed by atoms with van der Waals surface area (Å²) >= 11 is 3.85. The van der Waals surface area contributed by atoms with Gasteiger partial charge in [0.05, 0.1) is 6.20 Å². The first-order chi connectivity index (χ1) is 8.08. The highest BCUT2D eigenvalue weighted by atomic mass is 32.2. The summed E-state index contributed by atoms with van der Waals surface area (Å²) in [6.45, 7) is 4.47. The summed E-state index contributed by atoms with van der Waals surface area (Å²) in [5.41, 5.74) is 7.00. The highest BCUT2D eigenvalue weighted by Crippen LogP contribution is 2.40. The number of hydrogen-bond acceptors (Lipinski definition) is 4. The van der Waals surface area contributed by atoms with Crippen molar-refractivity contribution in [1.82, 2.24) is 4.98 Å². The van der Waals surface area contributed by atoms with Crippen LogP contribution in [0.1, 0.15) is 25.5 Å². The number of nitrogens with two attached hydrogens (primary N) is 1. The molecule has 1 aromatic heterocycles. The molecule has 94 valence electrons. The van der Waals surface area contributed by atoms with Crippen LogP contribution in [0.15, 0.2) is 18.5 Å². The molecule has 1 aliphatic heterocycles. The van der Waals surface area contributed by atoms with Crippen LogP contribution in [0.4, 0.5) is 4.39 Å². The van der Waals surface area contributed by atoms with E-state index < -0.39 is 0 Å². The largest absolute Gasteiger partial charge is 0.323 e. The predicted octanol–water partition coefficient (Wildman–Crippen LogP) is 2.85. The van der Waals surface area contributed by atoms with Crippen molar-refractivity contribution < 1.29 is 4.39 Å². The number of halogens is 1. The van der Waals surface area contributed by atoms with Gasteiger partial charge in [0.1, 0.15) is 5.82 Å². The van der Waals surface area contributed by atoms with Crippen LogP contribution in [0.5, 0.6) is 0 Å². The maximum absolute atomic E-state index is 13.1. The summed E-state index contributed by atoms with van der Waals surface area (Å²) in [5, 5.41) is 1.59. The van der Waals surface area contributed by atoms with Gasteiger partial charge in [0.15, 0.2) is 0 Å². The molecular weight excluding hydrogens is 255 g/mol. The Hall–Kier alpha value is -0.260. The molecule has 1 aromatic rings. The summed E-state index contributed by atoms with van der Waals surface area (Å²) in [6.07, 6.45) is 2.88. The number of rotatable bonds is 2. The Morgan fingerprint density at radius 3 is 2.82 bits per heavy atom. The third kappa shape index (κ3) is 3.14. The Morgan fingerprint density at radius 1 is 1.41 bits per heavy atom. The number of pyridine rings is 1. The van der Waals surface area contributed by atoms with E-state index in [0.29, 0.717) is 15.7 Å². The maximum Gasteiger partial charge on any atom is 0.141 e. The first-order valence-corrected chi connectivity index (χ1v) is 7.70. The second kappa shape index (κ2) is 5.59. The van der Waals surface area contributed by atoms with E-state index in [9.17, 15) is 4.39 Å². The van der Waals surface area contributed by atoms with Gasteiger partial charge >= 0.3 is 0 Å². The zero-order valence-electron chi connectivity index (χ0n) is 9.97. The van der Waals surface area contributed by atoms with Crippen molar-refractivity contribution in [2.24, 2.45) is 5.73 Å². The molecule has 0 amide bonds. The molecule has 0 aromatic carbocycles. The molecule has 2 rings (SSSR count). The zero-order valence-corrected chi connectivity index (χ0v) is 11.6. The molecule has 0 saturated carbocycles. The van der Waals surface area contributed by atoms with Crippen LogP contribution in [0, 0.1) is 5.82 Å². The van der Waals surface area contributed by atoms with E-state index >= 15 is 0 Å². The Balaban J connectivity index is 2.07. The smallest absolute Gasteiger partial charge is 0.141 e. The lowest BCUT2D eigenvalue weighted by molar-refractivity contribution is 0.610. The van der Waals surface area contributed by atoms with E-state index in [1.807, 2.05) is 23.5 Å². The molecule has 1 aliphatic rings.